The number of amides is 2. The summed E-state index contributed by atoms with van der Waals surface area (Å²) in [5, 5.41) is 0. The van der Waals surface area contributed by atoms with Crippen LogP contribution in [-0.4, -0.2) is 27.2 Å². The van der Waals surface area contributed by atoms with E-state index in [-0.39, 0.29) is 23.8 Å². The molecule has 4 heteroatoms. The molecule has 2 rings (SSSR count). The third kappa shape index (κ3) is 1.99. The second kappa shape index (κ2) is 4.76. The van der Waals surface area contributed by atoms with Crippen molar-refractivity contribution in [3.8, 4) is 0 Å². The Labute approximate surface area is 114 Å². The average molecular weight is 343 g/mol. The van der Waals surface area contributed by atoms with Gasteiger partial charge in [0.15, 0.2) is 0 Å². The van der Waals surface area contributed by atoms with Crippen LogP contribution in [0.25, 0.3) is 0 Å². The van der Waals surface area contributed by atoms with Crippen LogP contribution in [0.2, 0.25) is 0 Å². The number of hydrogen-bond donors (Lipinski definition) is 0. The van der Waals surface area contributed by atoms with E-state index in [2.05, 4.69) is 22.6 Å². The van der Waals surface area contributed by atoms with E-state index in [4.69, 9.17) is 0 Å². The molecular formula is C13H14INO2. The summed E-state index contributed by atoms with van der Waals surface area (Å²) in [4.78, 5) is 25.8. The van der Waals surface area contributed by atoms with Crippen LogP contribution in [0.15, 0.2) is 24.3 Å². The number of imide groups is 1. The van der Waals surface area contributed by atoms with Gasteiger partial charge in [-0.2, -0.15) is 0 Å². The van der Waals surface area contributed by atoms with Crippen molar-refractivity contribution < 1.29 is 9.59 Å². The van der Waals surface area contributed by atoms with Gasteiger partial charge in [0.05, 0.1) is 17.2 Å². The van der Waals surface area contributed by atoms with E-state index in [1.54, 1.807) is 24.3 Å². The normalized spacial score (nSPS) is 16.6. The second-order valence-corrected chi connectivity index (χ2v) is 5.37. The number of halogens is 1. The number of carbonyl (C=O) groups excluding carboxylic acids is 2. The number of benzene rings is 1. The molecule has 0 aromatic heterocycles. The van der Waals surface area contributed by atoms with Crippen molar-refractivity contribution in [1.82, 2.24) is 4.90 Å². The Morgan fingerprint density at radius 2 is 1.59 bits per heavy atom. The summed E-state index contributed by atoms with van der Waals surface area (Å²) >= 11 is 2.23. The maximum Gasteiger partial charge on any atom is 0.261 e. The highest BCUT2D eigenvalue weighted by molar-refractivity contribution is 14.1. The summed E-state index contributed by atoms with van der Waals surface area (Å²) in [5.41, 5.74) is 1.07. The molecule has 0 N–H and O–H groups in total. The van der Waals surface area contributed by atoms with Crippen molar-refractivity contribution in [2.24, 2.45) is 5.92 Å². The molecule has 0 bridgehead atoms. The van der Waals surface area contributed by atoms with Gasteiger partial charge in [-0.3, -0.25) is 14.5 Å². The summed E-state index contributed by atoms with van der Waals surface area (Å²) in [7, 11) is 0. The van der Waals surface area contributed by atoms with Gasteiger partial charge < -0.3 is 0 Å². The lowest BCUT2D eigenvalue weighted by Gasteiger charge is -2.27. The number of fused-ring (bicyclic) bond motifs is 1. The summed E-state index contributed by atoms with van der Waals surface area (Å²) in [5.74, 6) is -0.0314. The van der Waals surface area contributed by atoms with Gasteiger partial charge in [-0.15, -0.1) is 0 Å². The lowest BCUT2D eigenvalue weighted by Crippen LogP contribution is -2.44. The number of carbonyl (C=O) groups is 2. The first-order chi connectivity index (χ1) is 8.07. The molecule has 2 amide bonds. The van der Waals surface area contributed by atoms with Crippen molar-refractivity contribution in [2.45, 2.75) is 19.9 Å². The largest absolute Gasteiger partial charge is 0.270 e. The Balaban J connectivity index is 2.42. The van der Waals surface area contributed by atoms with E-state index in [9.17, 15) is 9.59 Å². The monoisotopic (exact) mass is 343 g/mol. The van der Waals surface area contributed by atoms with E-state index in [0.717, 1.165) is 4.43 Å². The SMILES string of the molecule is CC(C)[C@H](CI)N1C(=O)c2ccccc2C1=O. The van der Waals surface area contributed by atoms with Crippen LogP contribution < -0.4 is 0 Å². The van der Waals surface area contributed by atoms with Gasteiger partial charge in [-0.25, -0.2) is 0 Å². The fourth-order valence-corrected chi connectivity index (χ4v) is 3.47. The molecule has 0 spiro atoms. The molecule has 0 radical (unpaired) electrons. The summed E-state index contributed by atoms with van der Waals surface area (Å²) in [6.07, 6.45) is 0. The quantitative estimate of drug-likeness (QED) is 0.481. The first kappa shape index (κ1) is 12.5. The maximum absolute atomic E-state index is 12.2. The van der Waals surface area contributed by atoms with Crippen molar-refractivity contribution >= 4 is 34.4 Å². The zero-order valence-corrected chi connectivity index (χ0v) is 12.0. The van der Waals surface area contributed by atoms with E-state index in [1.165, 1.54) is 4.90 Å². The summed E-state index contributed by atoms with van der Waals surface area (Å²) in [6.45, 7) is 4.07. The average Bonchev–Trinajstić information content (AvgIpc) is 2.56. The molecular weight excluding hydrogens is 329 g/mol. The Hall–Kier alpha value is -0.910. The summed E-state index contributed by atoms with van der Waals surface area (Å²) in [6, 6.07) is 7.01. The predicted octanol–water partition coefficient (Wildman–Crippen LogP) is 2.74. The van der Waals surface area contributed by atoms with Crippen molar-refractivity contribution in [1.29, 1.82) is 0 Å². The van der Waals surface area contributed by atoms with E-state index < -0.39 is 0 Å². The Bertz CT molecular complexity index is 435. The Morgan fingerprint density at radius 3 is 1.94 bits per heavy atom. The van der Waals surface area contributed by atoms with Gasteiger partial charge in [0, 0.05) is 4.43 Å². The van der Waals surface area contributed by atoms with Crippen LogP contribution in [0.4, 0.5) is 0 Å². The molecule has 0 unspecified atom stereocenters. The Kier molecular flexibility index (Phi) is 3.51. The van der Waals surface area contributed by atoms with Crippen LogP contribution in [0.1, 0.15) is 34.6 Å². The summed E-state index contributed by atoms with van der Waals surface area (Å²) < 4.78 is 0.765. The van der Waals surface area contributed by atoms with Crippen molar-refractivity contribution in [2.75, 3.05) is 4.43 Å². The maximum atomic E-state index is 12.2. The van der Waals surface area contributed by atoms with Gasteiger partial charge >= 0.3 is 0 Å². The van der Waals surface area contributed by atoms with Gasteiger partial charge in [0.2, 0.25) is 0 Å². The number of nitrogens with zero attached hydrogens (tertiary/aromatic N) is 1. The van der Waals surface area contributed by atoms with Crippen LogP contribution in [0.5, 0.6) is 0 Å². The molecule has 3 nitrogen and oxygen atoms in total. The third-order valence-electron chi connectivity index (χ3n) is 3.08. The lowest BCUT2D eigenvalue weighted by molar-refractivity contribution is 0.0566. The minimum absolute atomic E-state index is 0.0250. The van der Waals surface area contributed by atoms with Crippen molar-refractivity contribution in [3.63, 3.8) is 0 Å². The molecule has 1 aliphatic rings. The third-order valence-corrected chi connectivity index (χ3v) is 3.99. The number of alkyl halides is 1. The number of rotatable bonds is 3. The zero-order valence-electron chi connectivity index (χ0n) is 9.81. The van der Waals surface area contributed by atoms with Gasteiger partial charge in [0.25, 0.3) is 11.8 Å². The van der Waals surface area contributed by atoms with Crippen LogP contribution in [0.3, 0.4) is 0 Å². The molecule has 1 heterocycles. The molecule has 0 saturated heterocycles. The molecule has 1 aromatic carbocycles. The van der Waals surface area contributed by atoms with Crippen LogP contribution in [-0.2, 0) is 0 Å². The topological polar surface area (TPSA) is 37.4 Å². The molecule has 0 fully saturated rings. The standard InChI is InChI=1S/C13H14INO2/c1-8(2)11(7-14)15-12(16)9-5-3-4-6-10(9)13(15)17/h3-6,8,11H,7H2,1-2H3/t11-/m0/s1. The molecule has 17 heavy (non-hydrogen) atoms. The van der Waals surface area contributed by atoms with E-state index in [0.29, 0.717) is 11.1 Å². The predicted molar refractivity (Wildman–Crippen MR) is 74.5 cm³/mol. The van der Waals surface area contributed by atoms with E-state index >= 15 is 0 Å². The molecule has 0 saturated carbocycles. The highest BCUT2D eigenvalue weighted by atomic mass is 127. The molecule has 1 aromatic rings. The molecule has 1 atom stereocenters. The lowest BCUT2D eigenvalue weighted by atomic mass is 10.1. The van der Waals surface area contributed by atoms with Crippen LogP contribution in [0, 0.1) is 5.92 Å². The smallest absolute Gasteiger partial charge is 0.261 e. The first-order valence-electron chi connectivity index (χ1n) is 5.60. The molecule has 1 aliphatic heterocycles. The molecule has 0 aliphatic carbocycles. The minimum Gasteiger partial charge on any atom is -0.270 e. The van der Waals surface area contributed by atoms with Crippen LogP contribution >= 0.6 is 22.6 Å². The second-order valence-electron chi connectivity index (χ2n) is 4.49. The highest BCUT2D eigenvalue weighted by Crippen LogP contribution is 2.27. The molecule has 90 valence electrons. The van der Waals surface area contributed by atoms with Gasteiger partial charge in [-0.1, -0.05) is 48.6 Å². The van der Waals surface area contributed by atoms with Crippen molar-refractivity contribution in [3.05, 3.63) is 35.4 Å². The zero-order chi connectivity index (χ0) is 12.6. The fraction of sp³-hybridized carbons (Fsp3) is 0.385. The first-order valence-corrected chi connectivity index (χ1v) is 7.13. The number of hydrogen-bond acceptors (Lipinski definition) is 2. The van der Waals surface area contributed by atoms with Gasteiger partial charge in [-0.05, 0) is 18.1 Å². The highest BCUT2D eigenvalue weighted by Gasteiger charge is 2.40. The fourth-order valence-electron chi connectivity index (χ4n) is 2.05. The Morgan fingerprint density at radius 1 is 1.12 bits per heavy atom. The minimum atomic E-state index is -0.152. The van der Waals surface area contributed by atoms with Gasteiger partial charge in [0.1, 0.15) is 0 Å². The van der Waals surface area contributed by atoms with E-state index in [1.807, 2.05) is 13.8 Å².